The quantitative estimate of drug-likeness (QED) is 0.658. The maximum absolute atomic E-state index is 13.8. The van der Waals surface area contributed by atoms with E-state index in [1.165, 1.54) is 5.56 Å². The summed E-state index contributed by atoms with van der Waals surface area (Å²) in [4.78, 5) is 0. The average Bonchev–Trinajstić information content (AvgIpc) is 2.29. The van der Waals surface area contributed by atoms with E-state index >= 15 is 0 Å². The molecule has 2 aromatic rings. The van der Waals surface area contributed by atoms with E-state index in [0.29, 0.717) is 11.5 Å². The first-order valence-electron chi connectivity index (χ1n) is 5.63. The largest absolute Gasteiger partial charge is 0.206 e. The molecule has 2 heteroatoms. The molecular formula is C15H14FI. The van der Waals surface area contributed by atoms with E-state index in [1.54, 1.807) is 6.07 Å². The summed E-state index contributed by atoms with van der Waals surface area (Å²) in [6, 6.07) is 13.4. The Morgan fingerprint density at radius 3 is 2.18 bits per heavy atom. The smallest absolute Gasteiger partial charge is 0.132 e. The first kappa shape index (κ1) is 12.6. The van der Waals surface area contributed by atoms with Gasteiger partial charge in [-0.05, 0) is 51.8 Å². The fourth-order valence-corrected chi connectivity index (χ4v) is 2.22. The highest BCUT2D eigenvalue weighted by molar-refractivity contribution is 14.1. The zero-order chi connectivity index (χ0) is 12.4. The Morgan fingerprint density at radius 1 is 1.00 bits per heavy atom. The van der Waals surface area contributed by atoms with E-state index < -0.39 is 0 Å². The monoisotopic (exact) mass is 340 g/mol. The predicted octanol–water partition coefficient (Wildman–Crippen LogP) is 5.22. The molecule has 2 aromatic carbocycles. The lowest BCUT2D eigenvalue weighted by Crippen LogP contribution is -1.89. The molecule has 0 saturated heterocycles. The predicted molar refractivity (Wildman–Crippen MR) is 78.6 cm³/mol. The minimum atomic E-state index is -0.158. The number of benzene rings is 2. The number of hydrogen-bond donors (Lipinski definition) is 0. The second-order valence-corrected chi connectivity index (χ2v) is 5.65. The van der Waals surface area contributed by atoms with Gasteiger partial charge in [0.05, 0.1) is 0 Å². The van der Waals surface area contributed by atoms with Crippen LogP contribution in [0.2, 0.25) is 0 Å². The lowest BCUT2D eigenvalue weighted by molar-refractivity contribution is 0.630. The SMILES string of the molecule is CC(C)c1ccc(-c2ccc(I)cc2F)cc1. The zero-order valence-corrected chi connectivity index (χ0v) is 12.0. The summed E-state index contributed by atoms with van der Waals surface area (Å²) in [6.07, 6.45) is 0. The molecule has 0 unspecified atom stereocenters. The van der Waals surface area contributed by atoms with Crippen LogP contribution in [0.4, 0.5) is 4.39 Å². The van der Waals surface area contributed by atoms with Gasteiger partial charge in [0.25, 0.3) is 0 Å². The summed E-state index contributed by atoms with van der Waals surface area (Å²) in [5.41, 5.74) is 2.88. The second kappa shape index (κ2) is 5.17. The summed E-state index contributed by atoms with van der Waals surface area (Å²) in [5.74, 6) is 0.347. The van der Waals surface area contributed by atoms with Crippen molar-refractivity contribution in [2.24, 2.45) is 0 Å². The van der Waals surface area contributed by atoms with Crippen molar-refractivity contribution >= 4 is 22.6 Å². The van der Waals surface area contributed by atoms with Crippen molar-refractivity contribution in [1.82, 2.24) is 0 Å². The third-order valence-electron chi connectivity index (χ3n) is 2.82. The third kappa shape index (κ3) is 2.86. The van der Waals surface area contributed by atoms with Gasteiger partial charge >= 0.3 is 0 Å². The van der Waals surface area contributed by atoms with Crippen molar-refractivity contribution in [3.63, 3.8) is 0 Å². The van der Waals surface area contributed by atoms with E-state index in [2.05, 4.69) is 48.6 Å². The fraction of sp³-hybridized carbons (Fsp3) is 0.200. The molecule has 0 aromatic heterocycles. The van der Waals surface area contributed by atoms with Gasteiger partial charge in [-0.25, -0.2) is 4.39 Å². The van der Waals surface area contributed by atoms with Crippen molar-refractivity contribution in [2.45, 2.75) is 19.8 Å². The number of halogens is 2. The molecule has 0 amide bonds. The first-order valence-corrected chi connectivity index (χ1v) is 6.71. The van der Waals surface area contributed by atoms with Crippen LogP contribution in [-0.2, 0) is 0 Å². The van der Waals surface area contributed by atoms with Crippen LogP contribution >= 0.6 is 22.6 Å². The summed E-state index contributed by atoms with van der Waals surface area (Å²) in [7, 11) is 0. The molecule has 2 rings (SSSR count). The Bertz CT molecular complexity index is 515. The van der Waals surface area contributed by atoms with E-state index in [9.17, 15) is 4.39 Å². The van der Waals surface area contributed by atoms with Crippen LogP contribution in [0, 0.1) is 9.39 Å². The second-order valence-electron chi connectivity index (χ2n) is 4.40. The minimum Gasteiger partial charge on any atom is -0.206 e. The third-order valence-corrected chi connectivity index (χ3v) is 3.49. The van der Waals surface area contributed by atoms with Gasteiger partial charge in [0.15, 0.2) is 0 Å². The molecule has 0 saturated carbocycles. The van der Waals surface area contributed by atoms with Crippen molar-refractivity contribution < 1.29 is 4.39 Å². The minimum absolute atomic E-state index is 0.158. The Hall–Kier alpha value is -0.900. The Morgan fingerprint density at radius 2 is 1.65 bits per heavy atom. The first-order chi connectivity index (χ1) is 8.08. The van der Waals surface area contributed by atoms with Crippen LogP contribution in [0.3, 0.4) is 0 Å². The molecule has 0 aliphatic rings. The molecule has 0 heterocycles. The molecule has 0 aliphatic carbocycles. The number of hydrogen-bond acceptors (Lipinski definition) is 0. The molecule has 0 radical (unpaired) electrons. The van der Waals surface area contributed by atoms with Gasteiger partial charge in [-0.1, -0.05) is 44.2 Å². The van der Waals surface area contributed by atoms with Crippen LogP contribution in [0.15, 0.2) is 42.5 Å². The maximum Gasteiger partial charge on any atom is 0.132 e. The van der Waals surface area contributed by atoms with Crippen LogP contribution in [-0.4, -0.2) is 0 Å². The molecule has 0 atom stereocenters. The van der Waals surface area contributed by atoms with Gasteiger partial charge in [-0.15, -0.1) is 0 Å². The van der Waals surface area contributed by atoms with E-state index in [-0.39, 0.29) is 5.82 Å². The van der Waals surface area contributed by atoms with Crippen molar-refractivity contribution in [3.05, 3.63) is 57.4 Å². The Kier molecular flexibility index (Phi) is 3.82. The zero-order valence-electron chi connectivity index (χ0n) is 9.87. The van der Waals surface area contributed by atoms with Gasteiger partial charge in [0.2, 0.25) is 0 Å². The van der Waals surface area contributed by atoms with Crippen LogP contribution in [0.25, 0.3) is 11.1 Å². The lowest BCUT2D eigenvalue weighted by atomic mass is 9.99. The molecule has 88 valence electrons. The fourth-order valence-electron chi connectivity index (χ4n) is 1.77. The average molecular weight is 340 g/mol. The normalized spacial score (nSPS) is 10.9. The molecule has 0 N–H and O–H groups in total. The maximum atomic E-state index is 13.8. The van der Waals surface area contributed by atoms with Crippen LogP contribution < -0.4 is 0 Å². The van der Waals surface area contributed by atoms with Crippen molar-refractivity contribution in [1.29, 1.82) is 0 Å². The molecule has 0 spiro atoms. The highest BCUT2D eigenvalue weighted by Gasteiger charge is 2.06. The molecule has 0 aliphatic heterocycles. The highest BCUT2D eigenvalue weighted by atomic mass is 127. The van der Waals surface area contributed by atoms with Gasteiger partial charge in [0, 0.05) is 9.13 Å². The van der Waals surface area contributed by atoms with Crippen molar-refractivity contribution in [2.75, 3.05) is 0 Å². The summed E-state index contributed by atoms with van der Waals surface area (Å²) >= 11 is 2.12. The highest BCUT2D eigenvalue weighted by Crippen LogP contribution is 2.26. The molecule has 0 fully saturated rings. The van der Waals surface area contributed by atoms with E-state index in [1.807, 2.05) is 24.3 Å². The van der Waals surface area contributed by atoms with Gasteiger partial charge < -0.3 is 0 Å². The van der Waals surface area contributed by atoms with Crippen molar-refractivity contribution in [3.8, 4) is 11.1 Å². The molecule has 0 bridgehead atoms. The Labute approximate surface area is 115 Å². The summed E-state index contributed by atoms with van der Waals surface area (Å²) in [6.45, 7) is 4.31. The molecular weight excluding hydrogens is 326 g/mol. The topological polar surface area (TPSA) is 0 Å². The van der Waals surface area contributed by atoms with Crippen LogP contribution in [0.1, 0.15) is 25.3 Å². The lowest BCUT2D eigenvalue weighted by Gasteiger charge is -2.08. The molecule has 17 heavy (non-hydrogen) atoms. The summed E-state index contributed by atoms with van der Waals surface area (Å²) < 4.78 is 14.7. The van der Waals surface area contributed by atoms with Gasteiger partial charge in [-0.3, -0.25) is 0 Å². The van der Waals surface area contributed by atoms with Gasteiger partial charge in [0.1, 0.15) is 5.82 Å². The van der Waals surface area contributed by atoms with E-state index in [4.69, 9.17) is 0 Å². The molecule has 0 nitrogen and oxygen atoms in total. The standard InChI is InChI=1S/C15H14FI/c1-10(2)11-3-5-12(6-4-11)14-8-7-13(17)9-15(14)16/h3-10H,1-2H3. The Balaban J connectivity index is 2.40. The van der Waals surface area contributed by atoms with Crippen LogP contribution in [0.5, 0.6) is 0 Å². The summed E-state index contributed by atoms with van der Waals surface area (Å²) in [5, 5.41) is 0. The van der Waals surface area contributed by atoms with E-state index in [0.717, 1.165) is 9.13 Å². The number of rotatable bonds is 2. The van der Waals surface area contributed by atoms with Gasteiger partial charge in [-0.2, -0.15) is 0 Å².